The van der Waals surface area contributed by atoms with Crippen molar-refractivity contribution in [3.8, 4) is 5.75 Å². The maximum Gasteiger partial charge on any atom is 0.276 e. The van der Waals surface area contributed by atoms with Crippen LogP contribution in [-0.2, 0) is 0 Å². The van der Waals surface area contributed by atoms with Crippen LogP contribution in [0.1, 0.15) is 19.4 Å². The molecule has 0 aromatic heterocycles. The van der Waals surface area contributed by atoms with Crippen LogP contribution in [0.5, 0.6) is 5.75 Å². The summed E-state index contributed by atoms with van der Waals surface area (Å²) in [4.78, 5) is 10.2. The molecule has 0 atom stereocenters. The highest BCUT2D eigenvalue weighted by molar-refractivity contribution is 5.48. The molecule has 0 N–H and O–H groups in total. The third-order valence-electron chi connectivity index (χ3n) is 1.81. The molecule has 0 aliphatic rings. The molecule has 0 amide bonds. The van der Waals surface area contributed by atoms with Gasteiger partial charge in [0, 0.05) is 6.07 Å². The Morgan fingerprint density at radius 3 is 2.57 bits per heavy atom. The number of ether oxygens (including phenoxy) is 1. The quantitative estimate of drug-likeness (QED) is 0.550. The summed E-state index contributed by atoms with van der Waals surface area (Å²) in [6.07, 6.45) is 0.0238. The summed E-state index contributed by atoms with van der Waals surface area (Å²) in [7, 11) is 0. The van der Waals surface area contributed by atoms with Crippen molar-refractivity contribution in [1.29, 1.82) is 0 Å². The van der Waals surface area contributed by atoms with Gasteiger partial charge in [-0.15, -0.1) is 0 Å². The van der Waals surface area contributed by atoms with Crippen molar-refractivity contribution in [3.63, 3.8) is 0 Å². The molecular formula is C10H13NO3. The SMILES string of the molecule is Cc1c(OC(C)C)cccc1[N+](=O)[O-]. The van der Waals surface area contributed by atoms with Crippen LogP contribution in [0.4, 0.5) is 5.69 Å². The predicted molar refractivity (Wildman–Crippen MR) is 53.6 cm³/mol. The Morgan fingerprint density at radius 1 is 1.43 bits per heavy atom. The van der Waals surface area contributed by atoms with Gasteiger partial charge in [0.15, 0.2) is 0 Å². The van der Waals surface area contributed by atoms with Crippen LogP contribution < -0.4 is 4.74 Å². The second-order valence-electron chi connectivity index (χ2n) is 3.32. The lowest BCUT2D eigenvalue weighted by Crippen LogP contribution is -2.07. The zero-order valence-electron chi connectivity index (χ0n) is 8.48. The first-order chi connectivity index (χ1) is 6.52. The van der Waals surface area contributed by atoms with E-state index in [-0.39, 0.29) is 11.8 Å². The molecule has 0 fully saturated rings. The third kappa shape index (κ3) is 2.22. The van der Waals surface area contributed by atoms with Gasteiger partial charge in [-0.2, -0.15) is 0 Å². The van der Waals surface area contributed by atoms with Crippen molar-refractivity contribution in [2.75, 3.05) is 0 Å². The molecule has 0 aliphatic heterocycles. The number of nitro benzene ring substituents is 1. The van der Waals surface area contributed by atoms with E-state index in [0.717, 1.165) is 0 Å². The van der Waals surface area contributed by atoms with Crippen LogP contribution in [0.15, 0.2) is 18.2 Å². The van der Waals surface area contributed by atoms with Gasteiger partial charge in [-0.05, 0) is 26.8 Å². The van der Waals surface area contributed by atoms with Crippen molar-refractivity contribution in [2.24, 2.45) is 0 Å². The molecule has 14 heavy (non-hydrogen) atoms. The first kappa shape index (κ1) is 10.5. The molecule has 0 unspecified atom stereocenters. The Bertz CT molecular complexity index is 347. The normalized spacial score (nSPS) is 10.3. The molecule has 1 aromatic carbocycles. The van der Waals surface area contributed by atoms with E-state index in [9.17, 15) is 10.1 Å². The zero-order valence-corrected chi connectivity index (χ0v) is 8.48. The standard InChI is InChI=1S/C10H13NO3/c1-7(2)14-10-6-4-5-9(8(10)3)11(12)13/h4-7H,1-3H3. The van der Waals surface area contributed by atoms with Gasteiger partial charge < -0.3 is 4.74 Å². The fraction of sp³-hybridized carbons (Fsp3) is 0.400. The number of benzene rings is 1. The molecule has 0 saturated carbocycles. The van der Waals surface area contributed by atoms with Crippen molar-refractivity contribution < 1.29 is 9.66 Å². The molecule has 0 saturated heterocycles. The minimum atomic E-state index is -0.400. The van der Waals surface area contributed by atoms with Gasteiger partial charge in [0.25, 0.3) is 5.69 Å². The smallest absolute Gasteiger partial charge is 0.276 e. The molecule has 0 bridgehead atoms. The van der Waals surface area contributed by atoms with Gasteiger partial charge in [-0.3, -0.25) is 10.1 Å². The lowest BCUT2D eigenvalue weighted by molar-refractivity contribution is -0.385. The van der Waals surface area contributed by atoms with Gasteiger partial charge >= 0.3 is 0 Å². The number of nitro groups is 1. The van der Waals surface area contributed by atoms with Crippen LogP contribution in [0, 0.1) is 17.0 Å². The van der Waals surface area contributed by atoms with Crippen LogP contribution >= 0.6 is 0 Å². The maximum atomic E-state index is 10.6. The second-order valence-corrected chi connectivity index (χ2v) is 3.32. The topological polar surface area (TPSA) is 52.4 Å². The molecular weight excluding hydrogens is 182 g/mol. The van der Waals surface area contributed by atoms with Gasteiger partial charge in [0.2, 0.25) is 0 Å². The molecule has 0 aliphatic carbocycles. The fourth-order valence-corrected chi connectivity index (χ4v) is 1.18. The molecule has 76 valence electrons. The first-order valence-corrected chi connectivity index (χ1v) is 4.43. The predicted octanol–water partition coefficient (Wildman–Crippen LogP) is 2.69. The van der Waals surface area contributed by atoms with E-state index in [4.69, 9.17) is 4.74 Å². The van der Waals surface area contributed by atoms with Crippen LogP contribution in [-0.4, -0.2) is 11.0 Å². The van der Waals surface area contributed by atoms with Crippen molar-refractivity contribution in [1.82, 2.24) is 0 Å². The van der Waals surface area contributed by atoms with Crippen LogP contribution in [0.2, 0.25) is 0 Å². The number of nitrogens with zero attached hydrogens (tertiary/aromatic N) is 1. The first-order valence-electron chi connectivity index (χ1n) is 4.43. The largest absolute Gasteiger partial charge is 0.490 e. The van der Waals surface area contributed by atoms with E-state index in [1.165, 1.54) is 6.07 Å². The Kier molecular flexibility index (Phi) is 3.06. The second kappa shape index (κ2) is 4.09. The minimum absolute atomic E-state index is 0.0238. The van der Waals surface area contributed by atoms with Gasteiger partial charge in [0.1, 0.15) is 5.75 Å². The Labute approximate surface area is 82.7 Å². The zero-order chi connectivity index (χ0) is 10.7. The molecule has 0 radical (unpaired) electrons. The average Bonchev–Trinajstić information content (AvgIpc) is 2.07. The lowest BCUT2D eigenvalue weighted by Gasteiger charge is -2.11. The molecule has 4 nitrogen and oxygen atoms in total. The van der Waals surface area contributed by atoms with Crippen molar-refractivity contribution >= 4 is 5.69 Å². The van der Waals surface area contributed by atoms with Crippen molar-refractivity contribution in [3.05, 3.63) is 33.9 Å². The van der Waals surface area contributed by atoms with E-state index in [1.807, 2.05) is 13.8 Å². The summed E-state index contributed by atoms with van der Waals surface area (Å²) in [6, 6.07) is 4.84. The highest BCUT2D eigenvalue weighted by Crippen LogP contribution is 2.27. The Balaban J connectivity index is 3.07. The molecule has 0 heterocycles. The van der Waals surface area contributed by atoms with E-state index in [0.29, 0.717) is 11.3 Å². The van der Waals surface area contributed by atoms with Gasteiger partial charge in [-0.25, -0.2) is 0 Å². The Morgan fingerprint density at radius 2 is 2.07 bits per heavy atom. The van der Waals surface area contributed by atoms with E-state index in [2.05, 4.69) is 0 Å². The fourth-order valence-electron chi connectivity index (χ4n) is 1.18. The number of rotatable bonds is 3. The summed E-state index contributed by atoms with van der Waals surface area (Å²) in [6.45, 7) is 5.46. The average molecular weight is 195 g/mol. The van der Waals surface area contributed by atoms with Crippen LogP contribution in [0.3, 0.4) is 0 Å². The Hall–Kier alpha value is -1.58. The number of hydrogen-bond acceptors (Lipinski definition) is 3. The van der Waals surface area contributed by atoms with E-state index >= 15 is 0 Å². The maximum absolute atomic E-state index is 10.6. The minimum Gasteiger partial charge on any atom is -0.490 e. The summed E-state index contributed by atoms with van der Waals surface area (Å²) < 4.78 is 5.43. The number of hydrogen-bond donors (Lipinski definition) is 0. The summed E-state index contributed by atoms with van der Waals surface area (Å²) >= 11 is 0. The van der Waals surface area contributed by atoms with E-state index in [1.54, 1.807) is 19.1 Å². The highest BCUT2D eigenvalue weighted by atomic mass is 16.6. The van der Waals surface area contributed by atoms with Crippen LogP contribution in [0.25, 0.3) is 0 Å². The monoisotopic (exact) mass is 195 g/mol. The van der Waals surface area contributed by atoms with E-state index < -0.39 is 4.92 Å². The third-order valence-corrected chi connectivity index (χ3v) is 1.81. The lowest BCUT2D eigenvalue weighted by atomic mass is 10.2. The summed E-state index contributed by atoms with van der Waals surface area (Å²) in [5, 5.41) is 10.6. The summed E-state index contributed by atoms with van der Waals surface area (Å²) in [5.74, 6) is 0.578. The molecule has 1 aromatic rings. The highest BCUT2D eigenvalue weighted by Gasteiger charge is 2.14. The van der Waals surface area contributed by atoms with Gasteiger partial charge in [-0.1, -0.05) is 6.07 Å². The molecule has 0 spiro atoms. The van der Waals surface area contributed by atoms with Gasteiger partial charge in [0.05, 0.1) is 16.6 Å². The molecule has 4 heteroatoms. The van der Waals surface area contributed by atoms with Crippen molar-refractivity contribution in [2.45, 2.75) is 26.9 Å². The summed E-state index contributed by atoms with van der Waals surface area (Å²) in [5.41, 5.74) is 0.675. The molecule has 1 rings (SSSR count).